The average Bonchev–Trinajstić information content (AvgIpc) is 2.68. The monoisotopic (exact) mass is 318 g/mol. The van der Waals surface area contributed by atoms with Crippen LogP contribution in [0.1, 0.15) is 35.8 Å². The van der Waals surface area contributed by atoms with Crippen molar-refractivity contribution < 1.29 is 22.9 Å². The lowest BCUT2D eigenvalue weighted by Gasteiger charge is -2.05. The van der Waals surface area contributed by atoms with Crippen LogP contribution in [0.25, 0.3) is 5.65 Å². The second kappa shape index (κ2) is 4.72. The third-order valence-corrected chi connectivity index (χ3v) is 3.86. The maximum absolute atomic E-state index is 11.5. The molecule has 2 rings (SSSR count). The van der Waals surface area contributed by atoms with E-state index < -0.39 is 21.1 Å². The molecule has 20 heavy (non-hydrogen) atoms. The third kappa shape index (κ3) is 2.37. The van der Waals surface area contributed by atoms with Crippen LogP contribution < -0.4 is 0 Å². The number of hydrogen-bond acceptors (Lipinski definition) is 4. The molecule has 0 aromatic carbocycles. The Balaban J connectivity index is 2.96. The van der Waals surface area contributed by atoms with Crippen LogP contribution in [0.2, 0.25) is 5.15 Å². The second-order valence-corrected chi connectivity index (χ2v) is 6.22. The summed E-state index contributed by atoms with van der Waals surface area (Å²) in [5, 5.41) is 8.35. The summed E-state index contributed by atoms with van der Waals surface area (Å²) in [6, 6.07) is 2.28. The minimum absolute atomic E-state index is 0.0474. The SMILES string of the molecule is CC(C)c1nc2cc(C(=O)O)cc(Cl)n2c1S(=O)(=O)O. The van der Waals surface area contributed by atoms with E-state index in [1.54, 1.807) is 13.8 Å². The summed E-state index contributed by atoms with van der Waals surface area (Å²) < 4.78 is 33.4. The molecule has 0 aliphatic rings. The zero-order valence-corrected chi connectivity index (χ0v) is 12.1. The molecule has 0 unspecified atom stereocenters. The normalized spacial score (nSPS) is 12.2. The molecule has 7 nitrogen and oxygen atoms in total. The molecule has 0 aliphatic carbocycles. The van der Waals surface area contributed by atoms with Gasteiger partial charge in [0.05, 0.1) is 11.3 Å². The first-order valence-corrected chi connectivity index (χ1v) is 7.37. The summed E-state index contributed by atoms with van der Waals surface area (Å²) in [4.78, 5) is 15.0. The Bertz CT molecular complexity index is 810. The standard InChI is InChI=1S/C11H11ClN2O5S/c1-5(2)9-10(20(17,18)19)14-7(12)3-6(11(15)16)4-8(14)13-9/h3-5H,1-2H3,(H,15,16)(H,17,18,19). The smallest absolute Gasteiger partial charge is 0.335 e. The highest BCUT2D eigenvalue weighted by Crippen LogP contribution is 2.28. The zero-order valence-electron chi connectivity index (χ0n) is 10.5. The van der Waals surface area contributed by atoms with Crippen LogP contribution in [0.3, 0.4) is 0 Å². The predicted molar refractivity (Wildman–Crippen MR) is 71.1 cm³/mol. The summed E-state index contributed by atoms with van der Waals surface area (Å²) in [5.41, 5.74) is 0.0489. The molecule has 0 aliphatic heterocycles. The van der Waals surface area contributed by atoms with Crippen LogP contribution >= 0.6 is 11.6 Å². The first kappa shape index (κ1) is 14.8. The number of halogens is 1. The van der Waals surface area contributed by atoms with Crippen LogP contribution in [-0.2, 0) is 10.1 Å². The van der Waals surface area contributed by atoms with Gasteiger partial charge < -0.3 is 5.11 Å². The van der Waals surface area contributed by atoms with Gasteiger partial charge >= 0.3 is 16.1 Å². The van der Waals surface area contributed by atoms with Gasteiger partial charge in [0.25, 0.3) is 0 Å². The number of rotatable bonds is 3. The molecular formula is C11H11ClN2O5S. The van der Waals surface area contributed by atoms with Crippen molar-refractivity contribution in [3.63, 3.8) is 0 Å². The van der Waals surface area contributed by atoms with Gasteiger partial charge in [-0.2, -0.15) is 8.42 Å². The van der Waals surface area contributed by atoms with Gasteiger partial charge in [-0.15, -0.1) is 0 Å². The van der Waals surface area contributed by atoms with E-state index in [0.717, 1.165) is 10.5 Å². The van der Waals surface area contributed by atoms with Gasteiger partial charge in [0.2, 0.25) is 0 Å². The molecule has 2 aromatic rings. The van der Waals surface area contributed by atoms with Crippen molar-refractivity contribution >= 4 is 33.3 Å². The largest absolute Gasteiger partial charge is 0.478 e. The minimum Gasteiger partial charge on any atom is -0.478 e. The molecule has 108 valence electrons. The van der Waals surface area contributed by atoms with E-state index in [4.69, 9.17) is 16.7 Å². The average molecular weight is 319 g/mol. The van der Waals surface area contributed by atoms with Gasteiger partial charge in [0, 0.05) is 0 Å². The van der Waals surface area contributed by atoms with Gasteiger partial charge in [-0.1, -0.05) is 25.4 Å². The van der Waals surface area contributed by atoms with E-state index in [1.165, 1.54) is 6.07 Å². The fraction of sp³-hybridized carbons (Fsp3) is 0.273. The highest BCUT2D eigenvalue weighted by atomic mass is 35.5. The van der Waals surface area contributed by atoms with Crippen molar-refractivity contribution in [3.8, 4) is 0 Å². The molecule has 0 radical (unpaired) electrons. The van der Waals surface area contributed by atoms with Crippen LogP contribution in [0, 0.1) is 0 Å². The number of fused-ring (bicyclic) bond motifs is 1. The van der Waals surface area contributed by atoms with Crippen LogP contribution in [0.5, 0.6) is 0 Å². The fourth-order valence-electron chi connectivity index (χ4n) is 1.86. The van der Waals surface area contributed by atoms with Crippen LogP contribution in [0.15, 0.2) is 17.2 Å². The molecule has 0 saturated carbocycles. The Labute approximate surface area is 119 Å². The summed E-state index contributed by atoms with van der Waals surface area (Å²) in [6.45, 7) is 3.39. The number of imidazole rings is 1. The Morgan fingerprint density at radius 1 is 1.40 bits per heavy atom. The maximum atomic E-state index is 11.5. The number of aromatic carboxylic acids is 1. The molecule has 0 bridgehead atoms. The fourth-order valence-corrected chi connectivity index (χ4v) is 3.17. The van der Waals surface area contributed by atoms with Crippen molar-refractivity contribution in [2.75, 3.05) is 0 Å². The summed E-state index contributed by atoms with van der Waals surface area (Å²) in [5.74, 6) is -1.51. The van der Waals surface area contributed by atoms with E-state index in [9.17, 15) is 17.8 Å². The highest BCUT2D eigenvalue weighted by Gasteiger charge is 2.27. The Kier molecular flexibility index (Phi) is 3.49. The molecule has 2 aromatic heterocycles. The molecule has 2 heterocycles. The lowest BCUT2D eigenvalue weighted by atomic mass is 10.2. The summed E-state index contributed by atoms with van der Waals surface area (Å²) in [6.07, 6.45) is 0. The van der Waals surface area contributed by atoms with E-state index in [2.05, 4.69) is 4.98 Å². The van der Waals surface area contributed by atoms with Gasteiger partial charge in [0.15, 0.2) is 5.03 Å². The number of carboxylic acids is 1. The second-order valence-electron chi connectivity index (χ2n) is 4.50. The number of carbonyl (C=O) groups is 1. The zero-order chi connectivity index (χ0) is 15.2. The molecule has 0 saturated heterocycles. The topological polar surface area (TPSA) is 109 Å². The minimum atomic E-state index is -4.55. The molecule has 0 atom stereocenters. The number of aromatic nitrogens is 2. The Hall–Kier alpha value is -1.64. The lowest BCUT2D eigenvalue weighted by Crippen LogP contribution is -2.08. The predicted octanol–water partition coefficient (Wildman–Crippen LogP) is 2.06. The number of hydrogen-bond donors (Lipinski definition) is 2. The van der Waals surface area contributed by atoms with Crippen molar-refractivity contribution in [1.82, 2.24) is 9.38 Å². The van der Waals surface area contributed by atoms with Gasteiger partial charge in [-0.3, -0.25) is 8.95 Å². The van der Waals surface area contributed by atoms with E-state index >= 15 is 0 Å². The Morgan fingerprint density at radius 2 is 2.00 bits per heavy atom. The van der Waals surface area contributed by atoms with E-state index in [1.807, 2.05) is 0 Å². The summed E-state index contributed by atoms with van der Waals surface area (Å²) in [7, 11) is -4.55. The van der Waals surface area contributed by atoms with Gasteiger partial charge in [-0.25, -0.2) is 9.78 Å². The lowest BCUT2D eigenvalue weighted by molar-refractivity contribution is 0.0697. The number of pyridine rings is 1. The number of carboxylic acid groups (broad SMARTS) is 1. The van der Waals surface area contributed by atoms with E-state index in [0.29, 0.717) is 0 Å². The van der Waals surface area contributed by atoms with Crippen LogP contribution in [0.4, 0.5) is 0 Å². The van der Waals surface area contributed by atoms with E-state index in [-0.39, 0.29) is 28.0 Å². The molecule has 0 spiro atoms. The molecule has 2 N–H and O–H groups in total. The highest BCUT2D eigenvalue weighted by molar-refractivity contribution is 7.85. The van der Waals surface area contributed by atoms with Crippen LogP contribution in [-0.4, -0.2) is 33.4 Å². The summed E-state index contributed by atoms with van der Waals surface area (Å²) >= 11 is 5.92. The van der Waals surface area contributed by atoms with Crippen molar-refractivity contribution in [3.05, 3.63) is 28.5 Å². The molecule has 0 fully saturated rings. The van der Waals surface area contributed by atoms with Crippen molar-refractivity contribution in [1.29, 1.82) is 0 Å². The van der Waals surface area contributed by atoms with Crippen molar-refractivity contribution in [2.45, 2.75) is 24.8 Å². The van der Waals surface area contributed by atoms with Gasteiger partial charge in [-0.05, 0) is 18.1 Å². The Morgan fingerprint density at radius 3 is 2.45 bits per heavy atom. The molecule has 0 amide bonds. The first-order chi connectivity index (χ1) is 9.12. The quantitative estimate of drug-likeness (QED) is 0.662. The first-order valence-electron chi connectivity index (χ1n) is 5.55. The van der Waals surface area contributed by atoms with Crippen molar-refractivity contribution in [2.24, 2.45) is 0 Å². The molecular weight excluding hydrogens is 308 g/mol. The van der Waals surface area contributed by atoms with Gasteiger partial charge in [0.1, 0.15) is 10.8 Å². The number of nitrogens with zero attached hydrogens (tertiary/aromatic N) is 2. The molecule has 9 heteroatoms. The maximum Gasteiger partial charge on any atom is 0.335 e. The third-order valence-electron chi connectivity index (χ3n) is 2.70.